The summed E-state index contributed by atoms with van der Waals surface area (Å²) in [5.41, 5.74) is -2.57. The van der Waals surface area contributed by atoms with E-state index in [0.29, 0.717) is 12.8 Å². The van der Waals surface area contributed by atoms with E-state index in [0.717, 1.165) is 0 Å². The van der Waals surface area contributed by atoms with Crippen molar-refractivity contribution in [1.29, 1.82) is 0 Å². The van der Waals surface area contributed by atoms with Crippen molar-refractivity contribution in [2.75, 3.05) is 0 Å². The molecule has 0 aromatic rings. The third kappa shape index (κ3) is 2.29. The molecule has 0 amide bonds. The molecule has 1 rings (SSSR count). The molecular weight excluding hydrogens is 269 g/mol. The van der Waals surface area contributed by atoms with Crippen LogP contribution in [0.15, 0.2) is 12.7 Å². The van der Waals surface area contributed by atoms with Crippen molar-refractivity contribution in [2.45, 2.75) is 70.4 Å². The Labute approximate surface area is 115 Å². The van der Waals surface area contributed by atoms with Crippen LogP contribution in [0.1, 0.15) is 40.0 Å². The SMILES string of the molecule is C=CCC1(C)O[Si](C)(C)C(F)C(F)(F)C1(C)CCC. The van der Waals surface area contributed by atoms with Crippen molar-refractivity contribution < 1.29 is 17.6 Å². The van der Waals surface area contributed by atoms with Gasteiger partial charge in [0, 0.05) is 0 Å². The normalized spacial score (nSPS) is 40.9. The van der Waals surface area contributed by atoms with Crippen LogP contribution in [0.2, 0.25) is 13.1 Å². The molecule has 0 spiro atoms. The summed E-state index contributed by atoms with van der Waals surface area (Å²) < 4.78 is 49.6. The van der Waals surface area contributed by atoms with Crippen LogP contribution < -0.4 is 0 Å². The summed E-state index contributed by atoms with van der Waals surface area (Å²) in [6, 6.07) is 0. The highest BCUT2D eigenvalue weighted by molar-refractivity contribution is 6.73. The molecule has 0 aromatic carbocycles. The van der Waals surface area contributed by atoms with Gasteiger partial charge in [0.15, 0.2) is 5.79 Å². The van der Waals surface area contributed by atoms with E-state index in [9.17, 15) is 13.2 Å². The fraction of sp³-hybridized carbons (Fsp3) is 0.857. The number of halogens is 3. The van der Waals surface area contributed by atoms with Gasteiger partial charge in [0.2, 0.25) is 8.32 Å². The minimum atomic E-state index is -3.37. The molecule has 0 aliphatic carbocycles. The Balaban J connectivity index is 3.39. The van der Waals surface area contributed by atoms with Crippen molar-refractivity contribution in [2.24, 2.45) is 5.41 Å². The van der Waals surface area contributed by atoms with Crippen LogP contribution in [-0.4, -0.2) is 25.6 Å². The van der Waals surface area contributed by atoms with Crippen molar-refractivity contribution in [1.82, 2.24) is 0 Å². The molecule has 3 atom stereocenters. The molecule has 1 aliphatic heterocycles. The van der Waals surface area contributed by atoms with Crippen LogP contribution in [0.25, 0.3) is 0 Å². The molecule has 0 bridgehead atoms. The van der Waals surface area contributed by atoms with Gasteiger partial charge < -0.3 is 4.43 Å². The summed E-state index contributed by atoms with van der Waals surface area (Å²) in [6.45, 7) is 11.7. The van der Waals surface area contributed by atoms with Crippen LogP contribution in [0.3, 0.4) is 0 Å². The van der Waals surface area contributed by atoms with Crippen molar-refractivity contribution in [3.05, 3.63) is 12.7 Å². The maximum absolute atomic E-state index is 14.7. The first kappa shape index (κ1) is 16.8. The van der Waals surface area contributed by atoms with Gasteiger partial charge >= 0.3 is 0 Å². The minimum absolute atomic E-state index is 0.231. The summed E-state index contributed by atoms with van der Waals surface area (Å²) in [6.07, 6.45) is 2.70. The minimum Gasteiger partial charge on any atom is -0.408 e. The van der Waals surface area contributed by atoms with Crippen LogP contribution in [0.5, 0.6) is 0 Å². The number of rotatable bonds is 4. The zero-order valence-electron chi connectivity index (χ0n) is 12.5. The van der Waals surface area contributed by atoms with Gasteiger partial charge in [0.1, 0.15) is 0 Å². The van der Waals surface area contributed by atoms with Crippen molar-refractivity contribution >= 4 is 8.32 Å². The van der Waals surface area contributed by atoms with E-state index >= 15 is 0 Å². The Kier molecular flexibility index (Phi) is 4.34. The molecule has 0 aromatic heterocycles. The average Bonchev–Trinajstić information content (AvgIpc) is 2.26. The molecule has 19 heavy (non-hydrogen) atoms. The third-order valence-electron chi connectivity index (χ3n) is 4.60. The summed E-state index contributed by atoms with van der Waals surface area (Å²) in [7, 11) is -3.08. The Morgan fingerprint density at radius 1 is 1.32 bits per heavy atom. The Morgan fingerprint density at radius 3 is 2.26 bits per heavy atom. The molecule has 1 heterocycles. The molecule has 0 radical (unpaired) electrons. The second-order valence-electron chi connectivity index (χ2n) is 6.50. The highest BCUT2D eigenvalue weighted by Crippen LogP contribution is 2.59. The number of hydrogen-bond donors (Lipinski definition) is 0. The lowest BCUT2D eigenvalue weighted by atomic mass is 9.65. The van der Waals surface area contributed by atoms with E-state index in [-0.39, 0.29) is 6.42 Å². The summed E-state index contributed by atoms with van der Waals surface area (Å²) in [5.74, 6) is -5.54. The predicted octanol–water partition coefficient (Wildman–Crippen LogP) is 4.88. The van der Waals surface area contributed by atoms with Gasteiger partial charge in [-0.15, -0.1) is 6.58 Å². The van der Waals surface area contributed by atoms with Gasteiger partial charge in [-0.2, -0.15) is 0 Å². The lowest BCUT2D eigenvalue weighted by molar-refractivity contribution is -0.244. The molecule has 1 nitrogen and oxygen atoms in total. The lowest BCUT2D eigenvalue weighted by Crippen LogP contribution is -2.73. The molecule has 1 saturated heterocycles. The topological polar surface area (TPSA) is 9.23 Å². The first-order chi connectivity index (χ1) is 8.48. The lowest BCUT2D eigenvalue weighted by Gasteiger charge is -2.59. The fourth-order valence-electron chi connectivity index (χ4n) is 3.29. The fourth-order valence-corrected chi connectivity index (χ4v) is 6.05. The van der Waals surface area contributed by atoms with Gasteiger partial charge in [-0.1, -0.05) is 26.3 Å². The Hall–Kier alpha value is -0.293. The highest BCUT2D eigenvalue weighted by atomic mass is 28.4. The molecule has 0 N–H and O–H groups in total. The van der Waals surface area contributed by atoms with E-state index in [1.54, 1.807) is 13.0 Å². The highest BCUT2D eigenvalue weighted by Gasteiger charge is 2.72. The first-order valence-electron chi connectivity index (χ1n) is 6.81. The Morgan fingerprint density at radius 2 is 1.84 bits per heavy atom. The van der Waals surface area contributed by atoms with Gasteiger partial charge in [-0.25, -0.2) is 13.2 Å². The van der Waals surface area contributed by atoms with Gasteiger partial charge in [-0.05, 0) is 32.9 Å². The second-order valence-corrected chi connectivity index (χ2v) is 10.4. The molecule has 1 aliphatic rings. The van der Waals surface area contributed by atoms with E-state index in [1.165, 1.54) is 20.0 Å². The third-order valence-corrected chi connectivity index (χ3v) is 7.16. The molecule has 112 valence electrons. The van der Waals surface area contributed by atoms with Crippen LogP contribution in [0, 0.1) is 5.41 Å². The van der Waals surface area contributed by atoms with E-state index < -0.39 is 31.1 Å². The van der Waals surface area contributed by atoms with E-state index in [2.05, 4.69) is 6.58 Å². The smallest absolute Gasteiger partial charge is 0.286 e. The second kappa shape index (κ2) is 4.92. The van der Waals surface area contributed by atoms with Crippen LogP contribution in [-0.2, 0) is 4.43 Å². The predicted molar refractivity (Wildman–Crippen MR) is 74.6 cm³/mol. The van der Waals surface area contributed by atoms with Gasteiger partial charge in [0.05, 0.1) is 11.0 Å². The Bertz CT molecular complexity index is 359. The van der Waals surface area contributed by atoms with Crippen molar-refractivity contribution in [3.63, 3.8) is 0 Å². The van der Waals surface area contributed by atoms with E-state index in [1.807, 2.05) is 6.92 Å². The quantitative estimate of drug-likeness (QED) is 0.530. The van der Waals surface area contributed by atoms with Crippen molar-refractivity contribution in [3.8, 4) is 0 Å². The summed E-state index contributed by atoms with van der Waals surface area (Å²) in [5, 5.41) is 0. The zero-order chi connectivity index (χ0) is 15.1. The largest absolute Gasteiger partial charge is 0.408 e. The van der Waals surface area contributed by atoms with Gasteiger partial charge in [0.25, 0.3) is 5.92 Å². The maximum Gasteiger partial charge on any atom is 0.286 e. The molecule has 1 fully saturated rings. The van der Waals surface area contributed by atoms with Crippen LogP contribution >= 0.6 is 0 Å². The molecular formula is C14H25F3OSi. The van der Waals surface area contributed by atoms with E-state index in [4.69, 9.17) is 4.43 Å². The summed E-state index contributed by atoms with van der Waals surface area (Å²) in [4.78, 5) is 0. The molecule has 5 heteroatoms. The summed E-state index contributed by atoms with van der Waals surface area (Å²) >= 11 is 0. The standard InChI is InChI=1S/C14H25F3OSi/c1-7-9-12(3)13(4,10-8-2)18-19(5,6)11(15)14(12,16)17/h8,11H,2,7,9-10H2,1,3-6H3. The first-order valence-corrected chi connectivity index (χ1v) is 9.80. The number of hydrogen-bond acceptors (Lipinski definition) is 1. The average molecular weight is 294 g/mol. The zero-order valence-corrected chi connectivity index (χ0v) is 13.5. The molecule has 0 saturated carbocycles. The molecule has 3 unspecified atom stereocenters. The van der Waals surface area contributed by atoms with Crippen LogP contribution in [0.4, 0.5) is 13.2 Å². The maximum atomic E-state index is 14.7. The monoisotopic (exact) mass is 294 g/mol. The number of alkyl halides is 3. The van der Waals surface area contributed by atoms with Gasteiger partial charge in [-0.3, -0.25) is 0 Å².